The quantitative estimate of drug-likeness (QED) is 0.278. The second kappa shape index (κ2) is 11.0. The lowest BCUT2D eigenvalue weighted by atomic mass is 10.1. The predicted molar refractivity (Wildman–Crippen MR) is 148 cm³/mol. The summed E-state index contributed by atoms with van der Waals surface area (Å²) < 4.78 is 14.9. The molecule has 1 aliphatic rings. The SMILES string of the molecule is O=c1c(-c2ccncc2)nc(CCCN[C@@H]2C[C@H]2c2ccc(F)cc2)cn1-c1ccc(-c2ncccn2)cc1. The van der Waals surface area contributed by atoms with Gasteiger partial charge in [0.2, 0.25) is 0 Å². The first-order valence-corrected chi connectivity index (χ1v) is 13.1. The van der Waals surface area contributed by atoms with Gasteiger partial charge in [-0.05, 0) is 86.0 Å². The topological polar surface area (TPSA) is 85.6 Å². The van der Waals surface area contributed by atoms with Crippen molar-refractivity contribution in [2.45, 2.75) is 31.2 Å². The second-order valence-electron chi connectivity index (χ2n) is 9.67. The number of aryl methyl sites for hydroxylation is 1. The van der Waals surface area contributed by atoms with Crippen molar-refractivity contribution in [1.82, 2.24) is 29.8 Å². The zero-order valence-corrected chi connectivity index (χ0v) is 21.2. The van der Waals surface area contributed by atoms with Gasteiger partial charge in [0.15, 0.2) is 5.82 Å². The molecule has 1 aliphatic carbocycles. The van der Waals surface area contributed by atoms with Crippen LogP contribution >= 0.6 is 0 Å². The average molecular weight is 519 g/mol. The van der Waals surface area contributed by atoms with Crippen molar-refractivity contribution in [2.24, 2.45) is 0 Å². The minimum Gasteiger partial charge on any atom is -0.313 e. The van der Waals surface area contributed by atoms with Crippen LogP contribution in [0.25, 0.3) is 28.3 Å². The van der Waals surface area contributed by atoms with Gasteiger partial charge in [-0.1, -0.05) is 12.1 Å². The summed E-state index contributed by atoms with van der Waals surface area (Å²) in [4.78, 5) is 31.0. The van der Waals surface area contributed by atoms with Crippen LogP contribution in [0.15, 0.2) is 103 Å². The molecule has 3 heterocycles. The van der Waals surface area contributed by atoms with E-state index in [0.717, 1.165) is 48.3 Å². The molecule has 0 bridgehead atoms. The molecule has 39 heavy (non-hydrogen) atoms. The molecule has 0 radical (unpaired) electrons. The first-order valence-electron chi connectivity index (χ1n) is 13.1. The number of rotatable bonds is 9. The van der Waals surface area contributed by atoms with Gasteiger partial charge in [-0.2, -0.15) is 0 Å². The van der Waals surface area contributed by atoms with Crippen LogP contribution in [0.5, 0.6) is 0 Å². The highest BCUT2D eigenvalue weighted by Gasteiger charge is 2.37. The van der Waals surface area contributed by atoms with Gasteiger partial charge in [0.25, 0.3) is 5.56 Å². The molecule has 1 fully saturated rings. The van der Waals surface area contributed by atoms with Crippen molar-refractivity contribution in [1.29, 1.82) is 0 Å². The Kier molecular flexibility index (Phi) is 7.01. The van der Waals surface area contributed by atoms with Crippen LogP contribution in [0.3, 0.4) is 0 Å². The van der Waals surface area contributed by atoms with Gasteiger partial charge in [-0.25, -0.2) is 19.3 Å². The number of pyridine rings is 1. The normalized spacial score (nSPS) is 16.2. The van der Waals surface area contributed by atoms with Crippen molar-refractivity contribution in [3.05, 3.63) is 125 Å². The Morgan fingerprint density at radius 2 is 1.64 bits per heavy atom. The maximum atomic E-state index is 13.5. The molecule has 6 rings (SSSR count). The van der Waals surface area contributed by atoms with E-state index >= 15 is 0 Å². The molecule has 1 N–H and O–H groups in total. The molecule has 0 aliphatic heterocycles. The minimum absolute atomic E-state index is 0.188. The number of nitrogens with zero attached hydrogens (tertiary/aromatic N) is 5. The molecule has 1 saturated carbocycles. The maximum absolute atomic E-state index is 13.5. The molecule has 8 heteroatoms. The summed E-state index contributed by atoms with van der Waals surface area (Å²) in [7, 11) is 0. The van der Waals surface area contributed by atoms with Gasteiger partial charge in [0.05, 0.1) is 5.69 Å². The van der Waals surface area contributed by atoms with Crippen LogP contribution in [0.1, 0.15) is 30.0 Å². The van der Waals surface area contributed by atoms with E-state index in [4.69, 9.17) is 4.98 Å². The van der Waals surface area contributed by atoms with Gasteiger partial charge in [-0.3, -0.25) is 14.3 Å². The Morgan fingerprint density at radius 3 is 2.38 bits per heavy atom. The molecule has 3 aromatic heterocycles. The molecule has 0 unspecified atom stereocenters. The number of hydrogen-bond donors (Lipinski definition) is 1. The van der Waals surface area contributed by atoms with Crippen LogP contribution in [0, 0.1) is 5.82 Å². The lowest BCUT2D eigenvalue weighted by molar-refractivity contribution is 0.622. The van der Waals surface area contributed by atoms with Crippen LogP contribution in [-0.4, -0.2) is 37.1 Å². The van der Waals surface area contributed by atoms with Crippen molar-refractivity contribution in [3.8, 4) is 28.3 Å². The Morgan fingerprint density at radius 1 is 0.897 bits per heavy atom. The Bertz CT molecular complexity index is 1610. The summed E-state index contributed by atoms with van der Waals surface area (Å²) in [5.41, 5.74) is 4.58. The average Bonchev–Trinajstić information content (AvgIpc) is 3.77. The summed E-state index contributed by atoms with van der Waals surface area (Å²) in [6.07, 6.45) is 11.2. The molecule has 0 saturated heterocycles. The van der Waals surface area contributed by atoms with Crippen LogP contribution < -0.4 is 10.9 Å². The third-order valence-corrected chi connectivity index (χ3v) is 6.98. The summed E-state index contributed by atoms with van der Waals surface area (Å²) in [5, 5.41) is 3.61. The van der Waals surface area contributed by atoms with E-state index in [-0.39, 0.29) is 11.4 Å². The highest BCUT2D eigenvalue weighted by atomic mass is 19.1. The fourth-order valence-electron chi connectivity index (χ4n) is 4.83. The fraction of sp³-hybridized carbons (Fsp3) is 0.194. The number of hydrogen-bond acceptors (Lipinski definition) is 6. The minimum atomic E-state index is -0.204. The van der Waals surface area contributed by atoms with Crippen molar-refractivity contribution in [3.63, 3.8) is 0 Å². The number of halogens is 1. The molecule has 2 atom stereocenters. The Balaban J connectivity index is 1.19. The van der Waals surface area contributed by atoms with Gasteiger partial charge in [0, 0.05) is 59.8 Å². The number of nitrogens with one attached hydrogen (secondary N) is 1. The van der Waals surface area contributed by atoms with E-state index in [1.165, 1.54) is 17.7 Å². The lowest BCUT2D eigenvalue weighted by Gasteiger charge is -2.12. The summed E-state index contributed by atoms with van der Waals surface area (Å²) in [6, 6.07) is 20.2. The zero-order chi connectivity index (χ0) is 26.6. The summed E-state index contributed by atoms with van der Waals surface area (Å²) >= 11 is 0. The van der Waals surface area contributed by atoms with Crippen molar-refractivity contribution < 1.29 is 4.39 Å². The first-order chi connectivity index (χ1) is 19.2. The molecule has 7 nitrogen and oxygen atoms in total. The molecule has 5 aromatic rings. The van der Waals surface area contributed by atoms with E-state index in [1.54, 1.807) is 47.6 Å². The van der Waals surface area contributed by atoms with Crippen LogP contribution in [-0.2, 0) is 6.42 Å². The predicted octanol–water partition coefficient (Wildman–Crippen LogP) is 4.97. The standard InChI is InChI=1S/C31H27FN6O/c32-24-8-4-21(5-9-24)27-19-28(27)34-14-1-3-25-20-38(31(39)29(37-25)22-12-17-33-18-13-22)26-10-6-23(7-11-26)30-35-15-2-16-36-30/h2,4-13,15-18,20,27-28,34H,1,3,14,19H2/t27-,28+/m0/s1. The van der Waals surface area contributed by atoms with Crippen molar-refractivity contribution >= 4 is 0 Å². The molecule has 194 valence electrons. The van der Waals surface area contributed by atoms with E-state index < -0.39 is 0 Å². The third kappa shape index (κ3) is 5.66. The van der Waals surface area contributed by atoms with Gasteiger partial charge < -0.3 is 5.32 Å². The largest absolute Gasteiger partial charge is 0.313 e. The van der Waals surface area contributed by atoms with Gasteiger partial charge in [0.1, 0.15) is 11.5 Å². The van der Waals surface area contributed by atoms with Crippen LogP contribution in [0.2, 0.25) is 0 Å². The second-order valence-corrected chi connectivity index (χ2v) is 9.67. The number of benzene rings is 2. The van der Waals surface area contributed by atoms with Gasteiger partial charge in [-0.15, -0.1) is 0 Å². The van der Waals surface area contributed by atoms with Gasteiger partial charge >= 0.3 is 0 Å². The maximum Gasteiger partial charge on any atom is 0.281 e. The number of aromatic nitrogens is 5. The molecule has 0 amide bonds. The van der Waals surface area contributed by atoms with Crippen LogP contribution in [0.4, 0.5) is 4.39 Å². The van der Waals surface area contributed by atoms with E-state index in [0.29, 0.717) is 23.5 Å². The smallest absolute Gasteiger partial charge is 0.281 e. The summed E-state index contributed by atoms with van der Waals surface area (Å²) in [6.45, 7) is 0.833. The highest BCUT2D eigenvalue weighted by Crippen LogP contribution is 2.40. The van der Waals surface area contributed by atoms with E-state index in [9.17, 15) is 9.18 Å². The zero-order valence-electron chi connectivity index (χ0n) is 21.2. The third-order valence-electron chi connectivity index (χ3n) is 6.98. The highest BCUT2D eigenvalue weighted by molar-refractivity contribution is 5.60. The summed E-state index contributed by atoms with van der Waals surface area (Å²) in [5.74, 6) is 0.868. The van der Waals surface area contributed by atoms with E-state index in [1.807, 2.05) is 42.6 Å². The fourth-order valence-corrected chi connectivity index (χ4v) is 4.83. The molecular weight excluding hydrogens is 491 g/mol. The Hall–Kier alpha value is -4.56. The molecule has 0 spiro atoms. The molecule has 2 aromatic carbocycles. The van der Waals surface area contributed by atoms with Crippen molar-refractivity contribution in [2.75, 3.05) is 6.54 Å². The molecular formula is C31H27FN6O. The van der Waals surface area contributed by atoms with E-state index in [2.05, 4.69) is 20.3 Å². The monoisotopic (exact) mass is 518 g/mol. The lowest BCUT2D eigenvalue weighted by Crippen LogP contribution is -2.23. The Labute approximate surface area is 225 Å². The first kappa shape index (κ1) is 24.8.